The maximum atomic E-state index is 11.8. The van der Waals surface area contributed by atoms with E-state index in [0.29, 0.717) is 13.1 Å². The number of carboxylic acid groups (broad SMARTS) is 1. The van der Waals surface area contributed by atoms with Crippen LogP contribution >= 0.6 is 0 Å². The molecule has 7 heteroatoms. The number of carbonyl (C=O) groups is 3. The summed E-state index contributed by atoms with van der Waals surface area (Å²) >= 11 is 0. The molecule has 0 radical (unpaired) electrons. The van der Waals surface area contributed by atoms with Crippen LogP contribution in [0.5, 0.6) is 0 Å². The summed E-state index contributed by atoms with van der Waals surface area (Å²) < 4.78 is 0. The van der Waals surface area contributed by atoms with Gasteiger partial charge in [-0.25, -0.2) is 4.79 Å². The molecule has 0 saturated carbocycles. The van der Waals surface area contributed by atoms with Crippen molar-refractivity contribution < 1.29 is 19.5 Å². The number of nitrogens with one attached hydrogen (secondary N) is 2. The number of likely N-dealkylation sites (tertiary alicyclic amines) is 1. The lowest BCUT2D eigenvalue weighted by Gasteiger charge is -2.36. The summed E-state index contributed by atoms with van der Waals surface area (Å²) in [6.45, 7) is 5.05. The van der Waals surface area contributed by atoms with Gasteiger partial charge in [0.15, 0.2) is 0 Å². The van der Waals surface area contributed by atoms with Crippen molar-refractivity contribution in [1.29, 1.82) is 0 Å². The molecule has 1 fully saturated rings. The molecule has 0 aromatic carbocycles. The van der Waals surface area contributed by atoms with Crippen LogP contribution in [0.2, 0.25) is 0 Å². The van der Waals surface area contributed by atoms with E-state index in [-0.39, 0.29) is 18.0 Å². The SMILES string of the molecule is CC1(C)CCN(C(=O)NCC(=O)NCC(=O)O)CC1. The molecule has 7 nitrogen and oxygen atoms in total. The van der Waals surface area contributed by atoms with E-state index >= 15 is 0 Å². The number of amides is 3. The van der Waals surface area contributed by atoms with Crippen LogP contribution in [-0.4, -0.2) is 54.1 Å². The summed E-state index contributed by atoms with van der Waals surface area (Å²) in [6, 6.07) is -0.277. The normalized spacial score (nSPS) is 17.7. The number of hydrogen-bond donors (Lipinski definition) is 3. The first-order chi connectivity index (χ1) is 8.80. The Bertz CT molecular complexity index is 358. The van der Waals surface area contributed by atoms with Crippen molar-refractivity contribution >= 4 is 17.9 Å². The molecule has 1 aliphatic heterocycles. The molecule has 0 aromatic heterocycles. The van der Waals surface area contributed by atoms with Gasteiger partial charge in [-0.15, -0.1) is 0 Å². The molecule has 0 aromatic rings. The highest BCUT2D eigenvalue weighted by Crippen LogP contribution is 2.29. The van der Waals surface area contributed by atoms with E-state index in [1.807, 2.05) is 0 Å². The van der Waals surface area contributed by atoms with Gasteiger partial charge in [-0.05, 0) is 18.3 Å². The van der Waals surface area contributed by atoms with Crippen molar-refractivity contribution in [2.45, 2.75) is 26.7 Å². The monoisotopic (exact) mass is 271 g/mol. The highest BCUT2D eigenvalue weighted by Gasteiger charge is 2.27. The lowest BCUT2D eigenvalue weighted by molar-refractivity contribution is -0.137. The highest BCUT2D eigenvalue weighted by molar-refractivity contribution is 5.86. The lowest BCUT2D eigenvalue weighted by Crippen LogP contribution is -2.48. The third-order valence-corrected chi connectivity index (χ3v) is 3.24. The van der Waals surface area contributed by atoms with Crippen LogP contribution in [0.4, 0.5) is 4.79 Å². The van der Waals surface area contributed by atoms with Gasteiger partial charge < -0.3 is 20.6 Å². The maximum Gasteiger partial charge on any atom is 0.322 e. The summed E-state index contributed by atoms with van der Waals surface area (Å²) in [5.41, 5.74) is 0.260. The minimum absolute atomic E-state index is 0.202. The van der Waals surface area contributed by atoms with Gasteiger partial charge in [-0.3, -0.25) is 9.59 Å². The molecule has 0 unspecified atom stereocenters. The average Bonchev–Trinajstić information content (AvgIpc) is 2.33. The molecule has 0 aliphatic carbocycles. The number of carbonyl (C=O) groups excluding carboxylic acids is 2. The van der Waals surface area contributed by atoms with Gasteiger partial charge >= 0.3 is 12.0 Å². The Morgan fingerprint density at radius 2 is 1.68 bits per heavy atom. The summed E-state index contributed by atoms with van der Waals surface area (Å²) in [4.78, 5) is 34.9. The molecule has 0 bridgehead atoms. The zero-order chi connectivity index (χ0) is 14.5. The van der Waals surface area contributed by atoms with Crippen molar-refractivity contribution in [2.24, 2.45) is 5.41 Å². The van der Waals surface area contributed by atoms with E-state index in [0.717, 1.165) is 12.8 Å². The average molecular weight is 271 g/mol. The summed E-state index contributed by atoms with van der Waals surface area (Å²) in [5.74, 6) is -1.62. The zero-order valence-corrected chi connectivity index (χ0v) is 11.4. The fourth-order valence-electron chi connectivity index (χ4n) is 1.82. The molecule has 0 atom stereocenters. The maximum absolute atomic E-state index is 11.8. The van der Waals surface area contributed by atoms with Crippen molar-refractivity contribution in [3.8, 4) is 0 Å². The fourth-order valence-corrected chi connectivity index (χ4v) is 1.82. The largest absolute Gasteiger partial charge is 0.480 e. The van der Waals surface area contributed by atoms with Gasteiger partial charge in [0.1, 0.15) is 6.54 Å². The number of urea groups is 1. The van der Waals surface area contributed by atoms with E-state index < -0.39 is 18.4 Å². The van der Waals surface area contributed by atoms with E-state index in [4.69, 9.17) is 5.11 Å². The number of aliphatic carboxylic acids is 1. The first kappa shape index (κ1) is 15.3. The first-order valence-electron chi connectivity index (χ1n) is 6.31. The Morgan fingerprint density at radius 3 is 2.21 bits per heavy atom. The fraction of sp³-hybridized carbons (Fsp3) is 0.750. The molecule has 1 aliphatic rings. The third kappa shape index (κ3) is 5.58. The Balaban J connectivity index is 2.24. The van der Waals surface area contributed by atoms with E-state index in [1.165, 1.54) is 0 Å². The lowest BCUT2D eigenvalue weighted by atomic mass is 9.83. The molecule has 108 valence electrons. The Hall–Kier alpha value is -1.79. The first-order valence-corrected chi connectivity index (χ1v) is 6.31. The molecule has 1 rings (SSSR count). The smallest absolute Gasteiger partial charge is 0.322 e. The summed E-state index contributed by atoms with van der Waals surface area (Å²) in [6.07, 6.45) is 1.87. The predicted octanol–water partition coefficient (Wildman–Crippen LogP) is 0.0188. The predicted molar refractivity (Wildman–Crippen MR) is 68.6 cm³/mol. The molecular weight excluding hydrogens is 250 g/mol. The van der Waals surface area contributed by atoms with Gasteiger partial charge in [0, 0.05) is 13.1 Å². The third-order valence-electron chi connectivity index (χ3n) is 3.24. The zero-order valence-electron chi connectivity index (χ0n) is 11.4. The quantitative estimate of drug-likeness (QED) is 0.671. The molecule has 1 saturated heterocycles. The molecule has 0 spiro atoms. The molecule has 1 heterocycles. The van der Waals surface area contributed by atoms with E-state index in [1.54, 1.807) is 4.90 Å². The van der Waals surface area contributed by atoms with Crippen LogP contribution in [0.1, 0.15) is 26.7 Å². The minimum atomic E-state index is -1.11. The second-order valence-electron chi connectivity index (χ2n) is 5.48. The van der Waals surface area contributed by atoms with Crippen LogP contribution < -0.4 is 10.6 Å². The van der Waals surface area contributed by atoms with Crippen LogP contribution in [0.15, 0.2) is 0 Å². The Morgan fingerprint density at radius 1 is 1.11 bits per heavy atom. The summed E-state index contributed by atoms with van der Waals surface area (Å²) in [7, 11) is 0. The van der Waals surface area contributed by atoms with Crippen LogP contribution in [0.25, 0.3) is 0 Å². The number of piperidine rings is 1. The second-order valence-corrected chi connectivity index (χ2v) is 5.48. The Kier molecular flexibility index (Phi) is 5.14. The number of rotatable bonds is 4. The van der Waals surface area contributed by atoms with Crippen LogP contribution in [-0.2, 0) is 9.59 Å². The van der Waals surface area contributed by atoms with E-state index in [2.05, 4.69) is 24.5 Å². The van der Waals surface area contributed by atoms with Crippen molar-refractivity contribution in [3.05, 3.63) is 0 Å². The van der Waals surface area contributed by atoms with Crippen LogP contribution in [0, 0.1) is 5.41 Å². The van der Waals surface area contributed by atoms with Gasteiger partial charge in [0.05, 0.1) is 6.54 Å². The topological polar surface area (TPSA) is 98.7 Å². The highest BCUT2D eigenvalue weighted by atomic mass is 16.4. The summed E-state index contributed by atoms with van der Waals surface area (Å²) in [5, 5.41) is 13.0. The molecule has 3 amide bonds. The number of nitrogens with zero attached hydrogens (tertiary/aromatic N) is 1. The van der Waals surface area contributed by atoms with Crippen LogP contribution in [0.3, 0.4) is 0 Å². The number of hydrogen-bond acceptors (Lipinski definition) is 3. The van der Waals surface area contributed by atoms with Crippen molar-refractivity contribution in [1.82, 2.24) is 15.5 Å². The van der Waals surface area contributed by atoms with Crippen molar-refractivity contribution in [2.75, 3.05) is 26.2 Å². The van der Waals surface area contributed by atoms with Gasteiger partial charge in [-0.2, -0.15) is 0 Å². The van der Waals surface area contributed by atoms with Gasteiger partial charge in [0.2, 0.25) is 5.91 Å². The Labute approximate surface area is 112 Å². The molecule has 3 N–H and O–H groups in total. The second kappa shape index (κ2) is 6.40. The molecule has 19 heavy (non-hydrogen) atoms. The minimum Gasteiger partial charge on any atom is -0.480 e. The van der Waals surface area contributed by atoms with Gasteiger partial charge in [-0.1, -0.05) is 13.8 Å². The molecular formula is C12H21N3O4. The standard InChI is InChI=1S/C12H21N3O4/c1-12(2)3-5-15(6-4-12)11(19)14-7-9(16)13-8-10(17)18/h3-8H2,1-2H3,(H,13,16)(H,14,19)(H,17,18). The van der Waals surface area contributed by atoms with Crippen molar-refractivity contribution in [3.63, 3.8) is 0 Å². The number of carboxylic acids is 1. The van der Waals surface area contributed by atoms with Gasteiger partial charge in [0.25, 0.3) is 0 Å². The van der Waals surface area contributed by atoms with E-state index in [9.17, 15) is 14.4 Å².